The van der Waals surface area contributed by atoms with Crippen molar-refractivity contribution < 1.29 is 28.6 Å². The van der Waals surface area contributed by atoms with Gasteiger partial charge in [-0.1, -0.05) is 0 Å². The summed E-state index contributed by atoms with van der Waals surface area (Å²) in [7, 11) is 0. The van der Waals surface area contributed by atoms with Gasteiger partial charge in [0.2, 0.25) is 0 Å². The Morgan fingerprint density at radius 2 is 1.81 bits per heavy atom. The fraction of sp³-hybridized carbons (Fsp3) is 0.176. The first-order valence-corrected chi connectivity index (χ1v) is 7.84. The molecule has 0 atom stereocenters. The van der Waals surface area contributed by atoms with Crippen molar-refractivity contribution in [3.05, 3.63) is 59.0 Å². The Kier molecular flexibility index (Phi) is 4.97. The number of nitrogens with zero attached hydrogens (tertiary/aromatic N) is 3. The third kappa shape index (κ3) is 4.00. The molecule has 3 N–H and O–H groups in total. The molecule has 0 bridgehead atoms. The molecule has 1 amide bonds. The van der Waals surface area contributed by atoms with Gasteiger partial charge in [-0.2, -0.15) is 5.10 Å². The van der Waals surface area contributed by atoms with Crippen molar-refractivity contribution in [2.75, 3.05) is 6.54 Å². The van der Waals surface area contributed by atoms with E-state index in [0.29, 0.717) is 11.3 Å². The van der Waals surface area contributed by atoms with Gasteiger partial charge in [-0.05, 0) is 30.5 Å². The van der Waals surface area contributed by atoms with Crippen molar-refractivity contribution in [3.8, 4) is 5.75 Å². The summed E-state index contributed by atoms with van der Waals surface area (Å²) >= 11 is 0. The van der Waals surface area contributed by atoms with Crippen LogP contribution in [0.25, 0.3) is 5.65 Å². The van der Waals surface area contributed by atoms with Gasteiger partial charge in [0, 0.05) is 17.8 Å². The van der Waals surface area contributed by atoms with E-state index in [1.165, 1.54) is 29.0 Å². The fourth-order valence-electron chi connectivity index (χ4n) is 2.70. The zero-order valence-corrected chi connectivity index (χ0v) is 13.8. The van der Waals surface area contributed by atoms with E-state index in [-0.39, 0.29) is 24.1 Å². The fourth-order valence-corrected chi connectivity index (χ4v) is 2.70. The molecule has 0 unspecified atom stereocenters. The van der Waals surface area contributed by atoms with E-state index in [9.17, 15) is 23.5 Å². The lowest BCUT2D eigenvalue weighted by Crippen LogP contribution is -2.30. The van der Waals surface area contributed by atoms with Crippen LogP contribution in [0.15, 0.2) is 30.6 Å². The largest absolute Gasteiger partial charge is 0.507 e. The number of aryl methyl sites for hydroxylation is 2. The average Bonchev–Trinajstić information content (AvgIpc) is 3.06. The number of hydrogen-bond donors (Lipinski definition) is 3. The molecule has 0 radical (unpaired) electrons. The molecule has 0 saturated carbocycles. The number of halogens is 2. The molecule has 2 heterocycles. The predicted molar refractivity (Wildman–Crippen MR) is 88.4 cm³/mol. The van der Waals surface area contributed by atoms with Gasteiger partial charge in [0.05, 0.1) is 0 Å². The normalized spacial score (nSPS) is 10.9. The van der Waals surface area contributed by atoms with Crippen LogP contribution in [0.3, 0.4) is 0 Å². The second-order valence-electron chi connectivity index (χ2n) is 5.75. The number of rotatable bonds is 6. The summed E-state index contributed by atoms with van der Waals surface area (Å²) in [5.74, 6) is -3.84. The quantitative estimate of drug-likeness (QED) is 0.597. The van der Waals surface area contributed by atoms with Gasteiger partial charge in [0.1, 0.15) is 35.8 Å². The highest BCUT2D eigenvalue weighted by Gasteiger charge is 2.20. The van der Waals surface area contributed by atoms with Gasteiger partial charge in [0.25, 0.3) is 5.91 Å². The minimum absolute atomic E-state index is 0.0401. The Hall–Kier alpha value is -3.56. The van der Waals surface area contributed by atoms with E-state index in [0.717, 1.165) is 6.07 Å². The van der Waals surface area contributed by atoms with E-state index >= 15 is 0 Å². The second-order valence-corrected chi connectivity index (χ2v) is 5.75. The van der Waals surface area contributed by atoms with E-state index in [2.05, 4.69) is 15.4 Å². The van der Waals surface area contributed by atoms with Crippen LogP contribution in [-0.4, -0.2) is 43.2 Å². The highest BCUT2D eigenvalue weighted by Crippen LogP contribution is 2.24. The molecular formula is C17H14F2N4O4. The second kappa shape index (κ2) is 7.36. The minimum atomic E-state index is -1.24. The molecule has 3 rings (SSSR count). The van der Waals surface area contributed by atoms with E-state index in [4.69, 9.17) is 5.11 Å². The Morgan fingerprint density at radius 1 is 1.11 bits per heavy atom. The van der Waals surface area contributed by atoms with Gasteiger partial charge < -0.3 is 15.5 Å². The zero-order valence-electron chi connectivity index (χ0n) is 13.8. The Balaban J connectivity index is 1.89. The number of benzene rings is 1. The third-order valence-electron chi connectivity index (χ3n) is 3.82. The highest BCUT2D eigenvalue weighted by molar-refractivity contribution is 6.03. The molecule has 8 nitrogen and oxygen atoms in total. The smallest absolute Gasteiger partial charge is 0.322 e. The summed E-state index contributed by atoms with van der Waals surface area (Å²) in [6, 6.07) is 4.47. The molecule has 0 aliphatic carbocycles. The first-order chi connectivity index (χ1) is 12.8. The minimum Gasteiger partial charge on any atom is -0.507 e. The van der Waals surface area contributed by atoms with Crippen LogP contribution < -0.4 is 5.32 Å². The number of aromatic hydroxyl groups is 1. The van der Waals surface area contributed by atoms with E-state index in [1.807, 2.05) is 0 Å². The first kappa shape index (κ1) is 18.2. The molecular weight excluding hydrogens is 362 g/mol. The maximum atomic E-state index is 13.3. The lowest BCUT2D eigenvalue weighted by atomic mass is 10.1. The molecule has 2 aromatic heterocycles. The van der Waals surface area contributed by atoms with Crippen LogP contribution in [0, 0.1) is 11.6 Å². The third-order valence-corrected chi connectivity index (χ3v) is 3.82. The molecule has 0 aliphatic rings. The number of nitrogens with one attached hydrogen (secondary N) is 1. The van der Waals surface area contributed by atoms with Gasteiger partial charge in [-0.3, -0.25) is 9.59 Å². The summed E-state index contributed by atoms with van der Waals surface area (Å²) < 4.78 is 27.9. The number of aromatic nitrogens is 3. The number of pyridine rings is 1. The average molecular weight is 376 g/mol. The van der Waals surface area contributed by atoms with Crippen molar-refractivity contribution in [2.45, 2.75) is 12.8 Å². The van der Waals surface area contributed by atoms with Crippen molar-refractivity contribution in [3.63, 3.8) is 0 Å². The maximum Gasteiger partial charge on any atom is 0.322 e. The molecule has 140 valence electrons. The van der Waals surface area contributed by atoms with Crippen LogP contribution in [0.4, 0.5) is 8.78 Å². The number of hydrogen-bond acceptors (Lipinski definition) is 5. The number of aliphatic carboxylic acids is 1. The van der Waals surface area contributed by atoms with Crippen molar-refractivity contribution in [2.24, 2.45) is 0 Å². The molecule has 0 spiro atoms. The van der Waals surface area contributed by atoms with Crippen molar-refractivity contribution >= 4 is 17.5 Å². The molecule has 3 aromatic rings. The molecule has 1 aromatic carbocycles. The number of carbonyl (C=O) groups is 2. The predicted octanol–water partition coefficient (Wildman–Crippen LogP) is 1.31. The highest BCUT2D eigenvalue weighted by atomic mass is 19.1. The van der Waals surface area contributed by atoms with Crippen molar-refractivity contribution in [1.29, 1.82) is 0 Å². The molecule has 0 aliphatic heterocycles. The standard InChI is InChI=1S/C17H14F2N4O4/c18-10-3-9(4-11(19)5-10)1-2-12-6-13(24)15(16-21-8-22-23(12)16)17(27)20-7-14(25)26/h3-6,8,24H,1-2,7H2,(H,20,27)(H,25,26). The zero-order chi connectivity index (χ0) is 19.6. The Bertz CT molecular complexity index is 1010. The lowest BCUT2D eigenvalue weighted by molar-refractivity contribution is -0.135. The number of amides is 1. The van der Waals surface area contributed by atoms with Gasteiger partial charge in [-0.25, -0.2) is 18.3 Å². The Morgan fingerprint density at radius 3 is 2.48 bits per heavy atom. The molecule has 27 heavy (non-hydrogen) atoms. The summed E-state index contributed by atoms with van der Waals surface area (Å²) in [6.07, 6.45) is 1.69. The first-order valence-electron chi connectivity index (χ1n) is 7.84. The summed E-state index contributed by atoms with van der Waals surface area (Å²) in [5, 5.41) is 25.0. The van der Waals surface area contributed by atoms with Gasteiger partial charge >= 0.3 is 5.97 Å². The Labute approximate surface area is 151 Å². The van der Waals surface area contributed by atoms with E-state index < -0.39 is 35.8 Å². The molecule has 10 heteroatoms. The number of carboxylic acid groups (broad SMARTS) is 1. The lowest BCUT2D eigenvalue weighted by Gasteiger charge is -2.10. The molecule has 0 saturated heterocycles. The van der Waals surface area contributed by atoms with Crippen LogP contribution in [0.1, 0.15) is 21.6 Å². The monoisotopic (exact) mass is 376 g/mol. The van der Waals surface area contributed by atoms with Crippen LogP contribution in [0.2, 0.25) is 0 Å². The summed E-state index contributed by atoms with van der Waals surface area (Å²) in [6.45, 7) is -0.620. The van der Waals surface area contributed by atoms with E-state index in [1.54, 1.807) is 0 Å². The molecule has 0 fully saturated rings. The summed E-state index contributed by atoms with van der Waals surface area (Å²) in [4.78, 5) is 26.7. The van der Waals surface area contributed by atoms with Gasteiger partial charge in [0.15, 0.2) is 5.65 Å². The SMILES string of the molecule is O=C(O)CNC(=O)c1c(O)cc(CCc2cc(F)cc(F)c2)n2ncnc12. The van der Waals surface area contributed by atoms with Crippen LogP contribution in [-0.2, 0) is 17.6 Å². The van der Waals surface area contributed by atoms with Crippen molar-refractivity contribution in [1.82, 2.24) is 19.9 Å². The number of fused-ring (bicyclic) bond motifs is 1. The number of carbonyl (C=O) groups excluding carboxylic acids is 1. The van der Waals surface area contributed by atoms with Crippen LogP contribution >= 0.6 is 0 Å². The van der Waals surface area contributed by atoms with Crippen LogP contribution in [0.5, 0.6) is 5.75 Å². The number of carboxylic acids is 1. The summed E-state index contributed by atoms with van der Waals surface area (Å²) in [5.41, 5.74) is 0.704. The topological polar surface area (TPSA) is 117 Å². The van der Waals surface area contributed by atoms with Gasteiger partial charge in [-0.15, -0.1) is 0 Å². The maximum absolute atomic E-state index is 13.3.